The van der Waals surface area contributed by atoms with Crippen molar-refractivity contribution in [2.75, 3.05) is 6.61 Å². The topological polar surface area (TPSA) is 57.5 Å². The van der Waals surface area contributed by atoms with Crippen LogP contribution in [0.15, 0.2) is 0 Å². The van der Waals surface area contributed by atoms with Gasteiger partial charge in [0, 0.05) is 6.61 Å². The van der Waals surface area contributed by atoms with Crippen molar-refractivity contribution >= 4 is 0 Å². The van der Waals surface area contributed by atoms with E-state index in [9.17, 15) is 0 Å². The summed E-state index contributed by atoms with van der Waals surface area (Å²) in [7, 11) is 0. The van der Waals surface area contributed by atoms with Crippen molar-refractivity contribution in [2.45, 2.75) is 13.3 Å². The van der Waals surface area contributed by atoms with Gasteiger partial charge in [0.2, 0.25) is 0 Å². The third kappa shape index (κ3) is 61.5. The van der Waals surface area contributed by atoms with Crippen LogP contribution in [0, 0.1) is 0 Å². The van der Waals surface area contributed by atoms with E-state index >= 15 is 0 Å². The number of hydrogen-bond donors (Lipinski definition) is 2. The van der Waals surface area contributed by atoms with Crippen LogP contribution in [0.5, 0.6) is 0 Å². The van der Waals surface area contributed by atoms with Crippen LogP contribution < -0.4 is 0 Å². The van der Waals surface area contributed by atoms with Crippen molar-refractivity contribution in [3.63, 3.8) is 0 Å². The van der Waals surface area contributed by atoms with Gasteiger partial charge in [0.05, 0.1) is 0 Å². The van der Waals surface area contributed by atoms with Crippen LogP contribution in [-0.4, -0.2) is 15.4 Å². The molecule has 0 saturated carbocycles. The molecule has 0 aromatic rings. The number of hydrogen-bond acceptors (Lipinski definition) is 2. The molecule has 0 aliphatic rings. The molecule has 0 aliphatic carbocycles. The van der Waals surface area contributed by atoms with Gasteiger partial charge in [-0.2, -0.15) is 0 Å². The van der Waals surface area contributed by atoms with E-state index in [1.54, 1.807) is 0 Å². The summed E-state index contributed by atoms with van der Waals surface area (Å²) in [5.74, 6) is 0. The van der Waals surface area contributed by atoms with Crippen LogP contribution in [-0.2, 0) is 22.8 Å². The summed E-state index contributed by atoms with van der Waals surface area (Å²) in [5.41, 5.74) is 0. The van der Waals surface area contributed by atoms with E-state index in [2.05, 4.69) is 0 Å². The van der Waals surface area contributed by atoms with Gasteiger partial charge >= 0.3 is 26.5 Å². The van der Waals surface area contributed by atoms with Crippen molar-refractivity contribution in [1.82, 2.24) is 0 Å². The van der Waals surface area contributed by atoms with Crippen LogP contribution in [0.2, 0.25) is 0 Å². The third-order valence-corrected chi connectivity index (χ3v) is 0.224. The van der Waals surface area contributed by atoms with Crippen molar-refractivity contribution in [3.05, 3.63) is 0 Å². The molecule has 4 heteroatoms. The predicted molar refractivity (Wildman–Crippen MR) is 20.3 cm³/mol. The van der Waals surface area contributed by atoms with E-state index in [1.165, 1.54) is 0 Å². The molecule has 0 spiro atoms. The normalized spacial score (nSPS) is 5.57. The first kappa shape index (κ1) is 10.4. The molecule has 0 amide bonds. The molecule has 0 aromatic heterocycles. The Labute approximate surface area is 52.1 Å². The van der Waals surface area contributed by atoms with Crippen molar-refractivity contribution in [3.8, 4) is 0 Å². The van der Waals surface area contributed by atoms with Crippen molar-refractivity contribution in [1.29, 1.82) is 0 Å². The van der Waals surface area contributed by atoms with Gasteiger partial charge in [-0.15, -0.1) is 0 Å². The SMILES string of the molecule is CCCO.[O]=[Ti][OH]. The summed E-state index contributed by atoms with van der Waals surface area (Å²) in [4.78, 5) is 0. The van der Waals surface area contributed by atoms with E-state index in [4.69, 9.17) is 12.1 Å². The zero-order valence-corrected chi connectivity index (χ0v) is 5.78. The van der Waals surface area contributed by atoms with E-state index in [-0.39, 0.29) is 0 Å². The molecule has 0 radical (unpaired) electrons. The fourth-order valence-electron chi connectivity index (χ4n) is 0. The molecule has 0 heterocycles. The first-order valence-electron chi connectivity index (χ1n) is 1.95. The number of rotatable bonds is 1. The van der Waals surface area contributed by atoms with Gasteiger partial charge < -0.3 is 5.11 Å². The number of aliphatic hydroxyl groups is 1. The van der Waals surface area contributed by atoms with Crippen LogP contribution in [0.4, 0.5) is 0 Å². The monoisotopic (exact) mass is 141 g/mol. The first-order valence-corrected chi connectivity index (χ1v) is 3.29. The van der Waals surface area contributed by atoms with Crippen LogP contribution in [0.1, 0.15) is 13.3 Å². The maximum atomic E-state index is 8.61. The quantitative estimate of drug-likeness (QED) is 0.493. The fraction of sp³-hybridized carbons (Fsp3) is 1.00. The third-order valence-electron chi connectivity index (χ3n) is 0.224. The Hall–Kier alpha value is 0.434. The Morgan fingerprint density at radius 2 is 1.86 bits per heavy atom. The van der Waals surface area contributed by atoms with E-state index in [1.807, 2.05) is 6.92 Å². The summed E-state index contributed by atoms with van der Waals surface area (Å²) >= 11 is -1.75. The van der Waals surface area contributed by atoms with Gasteiger partial charge in [0.25, 0.3) is 0 Å². The average molecular weight is 141 g/mol. The molecule has 0 saturated heterocycles. The van der Waals surface area contributed by atoms with Crippen LogP contribution >= 0.6 is 0 Å². The molecule has 0 rings (SSSR count). The Morgan fingerprint density at radius 3 is 1.86 bits per heavy atom. The Balaban J connectivity index is 0. The molecule has 0 aromatic carbocycles. The molecule has 0 fully saturated rings. The summed E-state index contributed by atoms with van der Waals surface area (Å²) < 4.78 is 15.8. The van der Waals surface area contributed by atoms with Crippen LogP contribution in [0.25, 0.3) is 0 Å². The molecule has 3 nitrogen and oxygen atoms in total. The Bertz CT molecular complexity index is 29.4. The van der Waals surface area contributed by atoms with Crippen LogP contribution in [0.3, 0.4) is 0 Å². The van der Waals surface area contributed by atoms with Gasteiger partial charge in [-0.25, -0.2) is 0 Å². The summed E-state index contributed by atoms with van der Waals surface area (Å²) in [6.07, 6.45) is 0.875. The Kier molecular flexibility index (Phi) is 24.0. The summed E-state index contributed by atoms with van der Waals surface area (Å²) in [5, 5.41) is 7.88. The second-order valence-electron chi connectivity index (χ2n) is 0.815. The predicted octanol–water partition coefficient (Wildman–Crippen LogP) is -0.290. The van der Waals surface area contributed by atoms with Crippen molar-refractivity contribution in [2.24, 2.45) is 0 Å². The molecule has 43 valence electrons. The zero-order valence-electron chi connectivity index (χ0n) is 4.22. The molecule has 0 unspecified atom stereocenters. The first-order chi connectivity index (χ1) is 3.33. The molecule has 0 bridgehead atoms. The van der Waals surface area contributed by atoms with E-state index in [0.717, 1.165) is 6.42 Å². The standard InChI is InChI=1S/C3H8O.H2O.O.Ti/c1-2-3-4;;;/h4H,2-3H2,1H3;1H2;;/q;;;+1/p-1. The second kappa shape index (κ2) is 16.1. The molecule has 0 aliphatic heterocycles. The minimum atomic E-state index is -1.75. The van der Waals surface area contributed by atoms with Crippen molar-refractivity contribution < 1.29 is 31.6 Å². The average Bonchev–Trinajstić information content (AvgIpc) is 1.69. The Morgan fingerprint density at radius 1 is 1.71 bits per heavy atom. The summed E-state index contributed by atoms with van der Waals surface area (Å²) in [6.45, 7) is 2.25. The molecule has 2 N–H and O–H groups in total. The molecular weight excluding hydrogens is 132 g/mol. The van der Waals surface area contributed by atoms with E-state index < -0.39 is 19.5 Å². The van der Waals surface area contributed by atoms with Gasteiger partial charge in [-0.1, -0.05) is 6.92 Å². The summed E-state index contributed by atoms with van der Waals surface area (Å²) in [6, 6.07) is 0. The van der Waals surface area contributed by atoms with Gasteiger partial charge in [0.15, 0.2) is 0 Å². The van der Waals surface area contributed by atoms with Gasteiger partial charge in [0.1, 0.15) is 0 Å². The maximum absolute atomic E-state index is 8.61. The molecule has 7 heavy (non-hydrogen) atoms. The minimum absolute atomic E-state index is 0.319. The number of aliphatic hydroxyl groups excluding tert-OH is 1. The van der Waals surface area contributed by atoms with Gasteiger partial charge in [-0.05, 0) is 6.42 Å². The van der Waals surface area contributed by atoms with Gasteiger partial charge in [-0.3, -0.25) is 0 Å². The molecule has 0 atom stereocenters. The van der Waals surface area contributed by atoms with E-state index in [0.29, 0.717) is 6.61 Å². The second-order valence-corrected chi connectivity index (χ2v) is 1.10. The fourth-order valence-corrected chi connectivity index (χ4v) is 0. The zero-order chi connectivity index (χ0) is 6.12. The molecular formula is C3H9O3Ti.